The number of ether oxygens (including phenoxy) is 1. The first-order valence-electron chi connectivity index (χ1n) is 9.14. The van der Waals surface area contributed by atoms with E-state index >= 15 is 0 Å². The molecule has 152 valence electrons. The average molecular weight is 405 g/mol. The standard InChI is InChI=1S/C21H28N2O4S/c1-6-19(17-9-11-18(27-4)12-10-17)22-21(24)14-23(28(5,25)26)20-13-15(2)7-8-16(20)3/h7-13,19H,6,14H2,1-5H3,(H,22,24)/t19-/m0/s1. The molecule has 1 atom stereocenters. The number of nitrogens with one attached hydrogen (secondary N) is 1. The summed E-state index contributed by atoms with van der Waals surface area (Å²) in [4.78, 5) is 12.7. The average Bonchev–Trinajstić information content (AvgIpc) is 2.65. The topological polar surface area (TPSA) is 75.7 Å². The molecule has 0 spiro atoms. The monoisotopic (exact) mass is 404 g/mol. The third-order valence-corrected chi connectivity index (χ3v) is 5.71. The molecule has 0 aliphatic heterocycles. The minimum absolute atomic E-state index is 0.210. The number of carbonyl (C=O) groups is 1. The molecule has 1 N–H and O–H groups in total. The van der Waals surface area contributed by atoms with Gasteiger partial charge in [-0.15, -0.1) is 0 Å². The summed E-state index contributed by atoms with van der Waals surface area (Å²) in [5.41, 5.74) is 3.19. The lowest BCUT2D eigenvalue weighted by atomic mass is 10.0. The Labute approximate surface area is 167 Å². The summed E-state index contributed by atoms with van der Waals surface area (Å²) in [6.07, 6.45) is 1.79. The van der Waals surface area contributed by atoms with Crippen molar-refractivity contribution in [2.45, 2.75) is 33.2 Å². The van der Waals surface area contributed by atoms with E-state index < -0.39 is 10.0 Å². The SMILES string of the molecule is CC[C@H](NC(=O)CN(c1cc(C)ccc1C)S(C)(=O)=O)c1ccc(OC)cc1. The molecule has 6 nitrogen and oxygen atoms in total. The van der Waals surface area contributed by atoms with Gasteiger partial charge in [0.05, 0.1) is 25.1 Å². The predicted octanol–water partition coefficient (Wildman–Crippen LogP) is 3.35. The van der Waals surface area contributed by atoms with E-state index in [0.29, 0.717) is 12.1 Å². The second-order valence-corrected chi connectivity index (χ2v) is 8.77. The highest BCUT2D eigenvalue weighted by molar-refractivity contribution is 7.92. The van der Waals surface area contributed by atoms with Gasteiger partial charge >= 0.3 is 0 Å². The smallest absolute Gasteiger partial charge is 0.241 e. The quantitative estimate of drug-likeness (QED) is 0.732. The Morgan fingerprint density at radius 2 is 1.79 bits per heavy atom. The molecule has 28 heavy (non-hydrogen) atoms. The zero-order valence-corrected chi connectivity index (χ0v) is 17.8. The summed E-state index contributed by atoms with van der Waals surface area (Å²) in [6.45, 7) is 5.42. The Hall–Kier alpha value is -2.54. The van der Waals surface area contributed by atoms with Crippen molar-refractivity contribution >= 4 is 21.6 Å². The normalized spacial score (nSPS) is 12.3. The highest BCUT2D eigenvalue weighted by Gasteiger charge is 2.24. The first-order valence-corrected chi connectivity index (χ1v) is 11.0. The fourth-order valence-electron chi connectivity index (χ4n) is 3.00. The molecule has 1 amide bonds. The van der Waals surface area contributed by atoms with Crippen LogP contribution in [0.2, 0.25) is 0 Å². The molecule has 0 unspecified atom stereocenters. The number of rotatable bonds is 8. The van der Waals surface area contributed by atoms with E-state index in [2.05, 4.69) is 5.32 Å². The largest absolute Gasteiger partial charge is 0.497 e. The van der Waals surface area contributed by atoms with Gasteiger partial charge in [-0.1, -0.05) is 31.2 Å². The Morgan fingerprint density at radius 1 is 1.14 bits per heavy atom. The van der Waals surface area contributed by atoms with Crippen molar-refractivity contribution in [3.05, 3.63) is 59.2 Å². The predicted molar refractivity (Wildman–Crippen MR) is 112 cm³/mol. The van der Waals surface area contributed by atoms with Crippen LogP contribution in [-0.2, 0) is 14.8 Å². The van der Waals surface area contributed by atoms with Crippen molar-refractivity contribution in [2.24, 2.45) is 0 Å². The number of sulfonamides is 1. The molecule has 0 aromatic heterocycles. The summed E-state index contributed by atoms with van der Waals surface area (Å²) >= 11 is 0. The van der Waals surface area contributed by atoms with Crippen LogP contribution in [0.15, 0.2) is 42.5 Å². The minimum Gasteiger partial charge on any atom is -0.497 e. The first kappa shape index (κ1) is 21.8. The van der Waals surface area contributed by atoms with E-state index in [1.807, 2.05) is 57.2 Å². The van der Waals surface area contributed by atoms with Crippen molar-refractivity contribution in [1.29, 1.82) is 0 Å². The van der Waals surface area contributed by atoms with Crippen molar-refractivity contribution in [3.8, 4) is 5.75 Å². The van der Waals surface area contributed by atoms with Crippen LogP contribution in [0.4, 0.5) is 5.69 Å². The van der Waals surface area contributed by atoms with E-state index in [0.717, 1.165) is 33.0 Å². The maximum atomic E-state index is 12.7. The number of hydrogen-bond donors (Lipinski definition) is 1. The van der Waals surface area contributed by atoms with Gasteiger partial charge in [-0.25, -0.2) is 8.42 Å². The Bertz CT molecular complexity index is 924. The highest BCUT2D eigenvalue weighted by Crippen LogP contribution is 2.24. The molecule has 0 fully saturated rings. The van der Waals surface area contributed by atoms with Crippen LogP contribution < -0.4 is 14.4 Å². The van der Waals surface area contributed by atoms with Crippen molar-refractivity contribution in [1.82, 2.24) is 5.32 Å². The Morgan fingerprint density at radius 3 is 2.32 bits per heavy atom. The molecular formula is C21H28N2O4S. The number of aryl methyl sites for hydroxylation is 2. The lowest BCUT2D eigenvalue weighted by Gasteiger charge is -2.25. The molecule has 7 heteroatoms. The van der Waals surface area contributed by atoms with Crippen LogP contribution in [-0.4, -0.2) is 34.2 Å². The highest BCUT2D eigenvalue weighted by atomic mass is 32.2. The molecule has 0 heterocycles. The van der Waals surface area contributed by atoms with Gasteiger partial charge in [-0.2, -0.15) is 0 Å². The summed E-state index contributed by atoms with van der Waals surface area (Å²) in [5.74, 6) is 0.386. The van der Waals surface area contributed by atoms with E-state index in [1.165, 1.54) is 0 Å². The molecule has 0 saturated heterocycles. The first-order chi connectivity index (χ1) is 13.2. The van der Waals surface area contributed by atoms with Crippen molar-refractivity contribution in [3.63, 3.8) is 0 Å². The van der Waals surface area contributed by atoms with Gasteiger partial charge in [-0.3, -0.25) is 9.10 Å². The summed E-state index contributed by atoms with van der Waals surface area (Å²) in [5, 5.41) is 2.94. The third-order valence-electron chi connectivity index (χ3n) is 4.58. The zero-order chi connectivity index (χ0) is 20.9. The number of anilines is 1. The van der Waals surface area contributed by atoms with Gasteiger partial charge in [-0.05, 0) is 55.2 Å². The van der Waals surface area contributed by atoms with Crippen LogP contribution >= 0.6 is 0 Å². The molecular weight excluding hydrogens is 376 g/mol. The van der Waals surface area contributed by atoms with Gasteiger partial charge < -0.3 is 10.1 Å². The number of hydrogen-bond acceptors (Lipinski definition) is 4. The van der Waals surface area contributed by atoms with E-state index in [1.54, 1.807) is 13.2 Å². The Kier molecular flexibility index (Phi) is 7.07. The lowest BCUT2D eigenvalue weighted by molar-refractivity contribution is -0.120. The van der Waals surface area contributed by atoms with E-state index in [-0.39, 0.29) is 18.5 Å². The molecule has 2 rings (SSSR count). The number of benzene rings is 2. The van der Waals surface area contributed by atoms with Gasteiger partial charge in [0.2, 0.25) is 15.9 Å². The van der Waals surface area contributed by atoms with Gasteiger partial charge in [0.15, 0.2) is 0 Å². The number of nitrogens with zero attached hydrogens (tertiary/aromatic N) is 1. The van der Waals surface area contributed by atoms with Gasteiger partial charge in [0.25, 0.3) is 0 Å². The summed E-state index contributed by atoms with van der Waals surface area (Å²) in [7, 11) is -2.01. The maximum absolute atomic E-state index is 12.7. The fraction of sp³-hybridized carbons (Fsp3) is 0.381. The second-order valence-electron chi connectivity index (χ2n) is 6.86. The van der Waals surface area contributed by atoms with Crippen molar-refractivity contribution < 1.29 is 17.9 Å². The lowest BCUT2D eigenvalue weighted by Crippen LogP contribution is -2.41. The number of methoxy groups -OCH3 is 1. The molecule has 2 aromatic rings. The van der Waals surface area contributed by atoms with Gasteiger partial charge in [0.1, 0.15) is 12.3 Å². The fourth-order valence-corrected chi connectivity index (χ4v) is 3.90. The minimum atomic E-state index is -3.61. The summed E-state index contributed by atoms with van der Waals surface area (Å²) < 4.78 is 31.0. The number of carbonyl (C=O) groups excluding carboxylic acids is 1. The van der Waals surface area contributed by atoms with Crippen LogP contribution in [0.3, 0.4) is 0 Å². The van der Waals surface area contributed by atoms with E-state index in [9.17, 15) is 13.2 Å². The summed E-state index contributed by atoms with van der Waals surface area (Å²) in [6, 6.07) is 12.8. The maximum Gasteiger partial charge on any atom is 0.241 e. The van der Waals surface area contributed by atoms with Crippen LogP contribution in [0.5, 0.6) is 5.75 Å². The second kappa shape index (κ2) is 9.10. The van der Waals surface area contributed by atoms with Crippen molar-refractivity contribution in [2.75, 3.05) is 24.2 Å². The molecule has 0 aliphatic rings. The molecule has 0 bridgehead atoms. The molecule has 0 saturated carbocycles. The molecule has 0 radical (unpaired) electrons. The molecule has 2 aromatic carbocycles. The van der Waals surface area contributed by atoms with Crippen LogP contribution in [0.25, 0.3) is 0 Å². The molecule has 0 aliphatic carbocycles. The number of amides is 1. The zero-order valence-electron chi connectivity index (χ0n) is 17.0. The van der Waals surface area contributed by atoms with Gasteiger partial charge in [0, 0.05) is 0 Å². The van der Waals surface area contributed by atoms with Crippen LogP contribution in [0, 0.1) is 13.8 Å². The van der Waals surface area contributed by atoms with E-state index in [4.69, 9.17) is 4.74 Å². The third kappa shape index (κ3) is 5.48. The Balaban J connectivity index is 2.22. The van der Waals surface area contributed by atoms with Crippen LogP contribution in [0.1, 0.15) is 36.1 Å².